The van der Waals surface area contributed by atoms with Crippen LogP contribution in [-0.4, -0.2) is 30.0 Å². The molecule has 0 unspecified atom stereocenters. The molecule has 6 heteroatoms. The lowest BCUT2D eigenvalue weighted by atomic mass is 10.2. The van der Waals surface area contributed by atoms with Gasteiger partial charge in [0.15, 0.2) is 0 Å². The Morgan fingerprint density at radius 3 is 2.35 bits per heavy atom. The fraction of sp³-hybridized carbons (Fsp3) is 0.273. The summed E-state index contributed by atoms with van der Waals surface area (Å²) in [6.07, 6.45) is 0. The van der Waals surface area contributed by atoms with Gasteiger partial charge in [-0.2, -0.15) is 0 Å². The molecule has 1 aromatic rings. The molecule has 0 atom stereocenters. The lowest BCUT2D eigenvalue weighted by molar-refractivity contribution is -0.136. The van der Waals surface area contributed by atoms with Crippen LogP contribution in [0.15, 0.2) is 24.3 Å². The monoisotopic (exact) mass is 237 g/mol. The van der Waals surface area contributed by atoms with Gasteiger partial charge in [0.05, 0.1) is 6.61 Å². The summed E-state index contributed by atoms with van der Waals surface area (Å²) in [5.74, 6) is -1.46. The molecule has 0 bridgehead atoms. The smallest absolute Gasteiger partial charge is 0.313 e. The first-order chi connectivity index (χ1) is 8.17. The molecule has 1 aromatic carbocycles. The van der Waals surface area contributed by atoms with Gasteiger partial charge in [-0.3, -0.25) is 9.59 Å². The van der Waals surface area contributed by atoms with Gasteiger partial charge in [-0.1, -0.05) is 12.1 Å². The van der Waals surface area contributed by atoms with Gasteiger partial charge < -0.3 is 21.5 Å². The van der Waals surface area contributed by atoms with Crippen LogP contribution >= 0.6 is 0 Å². The number of aliphatic hydroxyl groups is 1. The standard InChI is InChI=1S/C11H15N3O3/c12-5-6-13-10(16)11(17)14-9-3-1-8(7-15)2-4-9/h1-4,15H,5-7,12H2,(H,13,16)(H,14,17). The predicted octanol–water partition coefficient (Wildman–Crippen LogP) is -0.808. The zero-order valence-corrected chi connectivity index (χ0v) is 9.27. The summed E-state index contributed by atoms with van der Waals surface area (Å²) in [5.41, 5.74) is 6.42. The molecule has 0 saturated carbocycles. The van der Waals surface area contributed by atoms with Crippen molar-refractivity contribution in [2.24, 2.45) is 5.73 Å². The molecule has 0 heterocycles. The van der Waals surface area contributed by atoms with Crippen molar-refractivity contribution in [2.75, 3.05) is 18.4 Å². The number of carbonyl (C=O) groups excluding carboxylic acids is 2. The van der Waals surface area contributed by atoms with Crippen molar-refractivity contribution >= 4 is 17.5 Å². The summed E-state index contributed by atoms with van der Waals surface area (Å²) in [6, 6.07) is 6.54. The van der Waals surface area contributed by atoms with E-state index in [0.29, 0.717) is 5.69 Å². The Bertz CT molecular complexity index is 389. The van der Waals surface area contributed by atoms with Gasteiger partial charge in [-0.05, 0) is 17.7 Å². The molecular formula is C11H15N3O3. The van der Waals surface area contributed by atoms with Crippen LogP contribution in [0.1, 0.15) is 5.56 Å². The Hall–Kier alpha value is -1.92. The molecule has 0 aliphatic carbocycles. The van der Waals surface area contributed by atoms with Gasteiger partial charge in [0.2, 0.25) is 0 Å². The number of hydrogen-bond acceptors (Lipinski definition) is 4. The van der Waals surface area contributed by atoms with E-state index in [1.807, 2.05) is 0 Å². The minimum Gasteiger partial charge on any atom is -0.392 e. The predicted molar refractivity (Wildman–Crippen MR) is 63.1 cm³/mol. The first-order valence-corrected chi connectivity index (χ1v) is 5.16. The Balaban J connectivity index is 2.52. The molecule has 0 fully saturated rings. The minimum absolute atomic E-state index is 0.0643. The molecule has 0 aromatic heterocycles. The van der Waals surface area contributed by atoms with Gasteiger partial charge >= 0.3 is 11.8 Å². The average Bonchev–Trinajstić information content (AvgIpc) is 2.36. The molecular weight excluding hydrogens is 222 g/mol. The fourth-order valence-corrected chi connectivity index (χ4v) is 1.15. The van der Waals surface area contributed by atoms with Gasteiger partial charge in [-0.15, -0.1) is 0 Å². The van der Waals surface area contributed by atoms with Crippen molar-refractivity contribution in [3.63, 3.8) is 0 Å². The van der Waals surface area contributed by atoms with E-state index < -0.39 is 11.8 Å². The summed E-state index contributed by atoms with van der Waals surface area (Å²) in [7, 11) is 0. The molecule has 0 aliphatic heterocycles. The van der Waals surface area contributed by atoms with E-state index >= 15 is 0 Å². The molecule has 92 valence electrons. The van der Waals surface area contributed by atoms with Crippen LogP contribution in [0.4, 0.5) is 5.69 Å². The number of amides is 2. The fourth-order valence-electron chi connectivity index (χ4n) is 1.15. The highest BCUT2D eigenvalue weighted by atomic mass is 16.3. The van der Waals surface area contributed by atoms with Gasteiger partial charge in [0, 0.05) is 18.8 Å². The van der Waals surface area contributed by atoms with Crippen molar-refractivity contribution in [1.29, 1.82) is 0 Å². The van der Waals surface area contributed by atoms with Crippen molar-refractivity contribution in [2.45, 2.75) is 6.61 Å². The average molecular weight is 237 g/mol. The summed E-state index contributed by atoms with van der Waals surface area (Å²) in [5, 5.41) is 13.6. The number of nitrogens with two attached hydrogens (primary N) is 1. The number of hydrogen-bond donors (Lipinski definition) is 4. The first kappa shape index (κ1) is 13.1. The van der Waals surface area contributed by atoms with Crippen molar-refractivity contribution in [3.8, 4) is 0 Å². The second-order valence-electron chi connectivity index (χ2n) is 3.35. The quantitative estimate of drug-likeness (QED) is 0.514. The van der Waals surface area contributed by atoms with Crippen molar-refractivity contribution in [1.82, 2.24) is 5.32 Å². The Morgan fingerprint density at radius 1 is 1.18 bits per heavy atom. The van der Waals surface area contributed by atoms with E-state index in [9.17, 15) is 9.59 Å². The largest absolute Gasteiger partial charge is 0.392 e. The third-order valence-corrected chi connectivity index (χ3v) is 2.03. The lowest BCUT2D eigenvalue weighted by Gasteiger charge is -2.06. The Morgan fingerprint density at radius 2 is 1.82 bits per heavy atom. The third-order valence-electron chi connectivity index (χ3n) is 2.03. The molecule has 0 aliphatic rings. The molecule has 0 radical (unpaired) electrons. The van der Waals surface area contributed by atoms with Crippen LogP contribution in [0.2, 0.25) is 0 Å². The zero-order valence-electron chi connectivity index (χ0n) is 9.27. The molecule has 0 saturated heterocycles. The maximum absolute atomic E-state index is 11.4. The zero-order chi connectivity index (χ0) is 12.7. The summed E-state index contributed by atoms with van der Waals surface area (Å²) >= 11 is 0. The highest BCUT2D eigenvalue weighted by Gasteiger charge is 2.12. The SMILES string of the molecule is NCCNC(=O)C(=O)Nc1ccc(CO)cc1. The van der Waals surface area contributed by atoms with Crippen LogP contribution in [0.3, 0.4) is 0 Å². The second kappa shape index (κ2) is 6.62. The molecule has 6 nitrogen and oxygen atoms in total. The molecule has 0 spiro atoms. The third kappa shape index (κ3) is 4.21. The maximum Gasteiger partial charge on any atom is 0.313 e. The number of nitrogens with one attached hydrogen (secondary N) is 2. The number of aliphatic hydroxyl groups excluding tert-OH is 1. The van der Waals surface area contributed by atoms with Crippen LogP contribution in [0.5, 0.6) is 0 Å². The van der Waals surface area contributed by atoms with Crippen LogP contribution in [-0.2, 0) is 16.2 Å². The molecule has 1 rings (SSSR count). The van der Waals surface area contributed by atoms with E-state index in [1.54, 1.807) is 24.3 Å². The van der Waals surface area contributed by atoms with E-state index in [4.69, 9.17) is 10.8 Å². The van der Waals surface area contributed by atoms with Crippen LogP contribution in [0, 0.1) is 0 Å². The van der Waals surface area contributed by atoms with Gasteiger partial charge in [0.1, 0.15) is 0 Å². The molecule has 17 heavy (non-hydrogen) atoms. The van der Waals surface area contributed by atoms with E-state index in [-0.39, 0.29) is 19.7 Å². The molecule has 2 amide bonds. The van der Waals surface area contributed by atoms with Gasteiger partial charge in [0.25, 0.3) is 0 Å². The van der Waals surface area contributed by atoms with E-state index in [0.717, 1.165) is 5.56 Å². The lowest BCUT2D eigenvalue weighted by Crippen LogP contribution is -2.37. The maximum atomic E-state index is 11.4. The van der Waals surface area contributed by atoms with Crippen molar-refractivity contribution < 1.29 is 14.7 Å². The molecule has 5 N–H and O–H groups in total. The van der Waals surface area contributed by atoms with E-state index in [2.05, 4.69) is 10.6 Å². The normalized spacial score (nSPS) is 9.76. The highest BCUT2D eigenvalue weighted by Crippen LogP contribution is 2.09. The summed E-state index contributed by atoms with van der Waals surface area (Å²) in [4.78, 5) is 22.6. The number of carbonyl (C=O) groups is 2. The Labute approximate surface area is 98.8 Å². The van der Waals surface area contributed by atoms with Crippen molar-refractivity contribution in [3.05, 3.63) is 29.8 Å². The second-order valence-corrected chi connectivity index (χ2v) is 3.35. The summed E-state index contributed by atoms with van der Waals surface area (Å²) in [6.45, 7) is 0.477. The Kier molecular flexibility index (Phi) is 5.12. The topological polar surface area (TPSA) is 104 Å². The van der Waals surface area contributed by atoms with Crippen LogP contribution < -0.4 is 16.4 Å². The first-order valence-electron chi connectivity index (χ1n) is 5.16. The minimum atomic E-state index is -0.741. The number of anilines is 1. The van der Waals surface area contributed by atoms with Gasteiger partial charge in [-0.25, -0.2) is 0 Å². The van der Waals surface area contributed by atoms with Crippen LogP contribution in [0.25, 0.3) is 0 Å². The van der Waals surface area contributed by atoms with E-state index in [1.165, 1.54) is 0 Å². The summed E-state index contributed by atoms with van der Waals surface area (Å²) < 4.78 is 0. The number of benzene rings is 1. The number of rotatable bonds is 4. The highest BCUT2D eigenvalue weighted by molar-refractivity contribution is 6.39.